The van der Waals surface area contributed by atoms with Gasteiger partial charge in [0.1, 0.15) is 11.5 Å². The van der Waals surface area contributed by atoms with Crippen molar-refractivity contribution in [3.05, 3.63) is 34.4 Å². The molecule has 0 fully saturated rings. The summed E-state index contributed by atoms with van der Waals surface area (Å²) in [6, 6.07) is 5.40. The van der Waals surface area contributed by atoms with E-state index in [1.165, 1.54) is 11.3 Å². The van der Waals surface area contributed by atoms with Gasteiger partial charge in [-0.3, -0.25) is 0 Å². The van der Waals surface area contributed by atoms with Crippen LogP contribution in [-0.2, 0) is 0 Å². The number of hydrogen-bond donors (Lipinski definition) is 1. The normalized spacial score (nSPS) is 10.9. The summed E-state index contributed by atoms with van der Waals surface area (Å²) < 4.78 is 7.68. The Morgan fingerprint density at radius 1 is 1.41 bits per heavy atom. The van der Waals surface area contributed by atoms with Crippen molar-refractivity contribution < 1.29 is 4.42 Å². The highest BCUT2D eigenvalue weighted by Crippen LogP contribution is 2.27. The zero-order chi connectivity index (χ0) is 11.8. The van der Waals surface area contributed by atoms with Gasteiger partial charge in [0.05, 0.1) is 0 Å². The predicted molar refractivity (Wildman–Crippen MR) is 69.1 cm³/mol. The lowest BCUT2D eigenvalue weighted by atomic mass is 10.3. The second-order valence-electron chi connectivity index (χ2n) is 3.28. The minimum atomic E-state index is 0.530. The van der Waals surface area contributed by atoms with Crippen molar-refractivity contribution >= 4 is 33.1 Å². The Balaban J connectivity index is 2.07. The SMILES string of the molecule is Nc1cc(-c2ccc(Br)o2)nn1-c1nccs1. The molecule has 2 N–H and O–H groups in total. The van der Waals surface area contributed by atoms with Crippen LogP contribution in [0.15, 0.2) is 38.9 Å². The van der Waals surface area contributed by atoms with Gasteiger partial charge in [0, 0.05) is 17.6 Å². The molecule has 0 spiro atoms. The number of furan rings is 1. The van der Waals surface area contributed by atoms with Crippen molar-refractivity contribution in [2.45, 2.75) is 0 Å². The molecule has 0 aromatic carbocycles. The second kappa shape index (κ2) is 4.01. The van der Waals surface area contributed by atoms with Gasteiger partial charge in [-0.05, 0) is 28.1 Å². The predicted octanol–water partition coefficient (Wildman–Crippen LogP) is 2.93. The molecule has 0 saturated carbocycles. The lowest BCUT2D eigenvalue weighted by Crippen LogP contribution is -2.00. The van der Waals surface area contributed by atoms with E-state index < -0.39 is 0 Å². The Bertz CT molecular complexity index is 643. The molecule has 0 saturated heterocycles. The minimum Gasteiger partial charge on any atom is -0.448 e. The molecule has 0 bridgehead atoms. The molecular weight excluding hydrogens is 304 g/mol. The van der Waals surface area contributed by atoms with Gasteiger partial charge in [0.2, 0.25) is 5.13 Å². The van der Waals surface area contributed by atoms with E-state index in [2.05, 4.69) is 26.0 Å². The summed E-state index contributed by atoms with van der Waals surface area (Å²) >= 11 is 4.72. The quantitative estimate of drug-likeness (QED) is 0.790. The summed E-state index contributed by atoms with van der Waals surface area (Å²) in [5, 5.41) is 6.97. The molecule has 0 aliphatic heterocycles. The highest BCUT2D eigenvalue weighted by atomic mass is 79.9. The van der Waals surface area contributed by atoms with E-state index in [9.17, 15) is 0 Å². The van der Waals surface area contributed by atoms with Crippen molar-refractivity contribution in [1.82, 2.24) is 14.8 Å². The summed E-state index contributed by atoms with van der Waals surface area (Å²) in [4.78, 5) is 4.16. The molecule has 3 aromatic heterocycles. The second-order valence-corrected chi connectivity index (χ2v) is 4.94. The number of anilines is 1. The van der Waals surface area contributed by atoms with Crippen LogP contribution in [0.2, 0.25) is 0 Å². The molecule has 0 atom stereocenters. The van der Waals surface area contributed by atoms with Crippen molar-refractivity contribution in [3.63, 3.8) is 0 Å². The fraction of sp³-hybridized carbons (Fsp3) is 0. The third-order valence-corrected chi connectivity index (χ3v) is 3.34. The van der Waals surface area contributed by atoms with Gasteiger partial charge >= 0.3 is 0 Å². The lowest BCUT2D eigenvalue weighted by molar-refractivity contribution is 0.553. The minimum absolute atomic E-state index is 0.530. The summed E-state index contributed by atoms with van der Waals surface area (Å²) in [5.41, 5.74) is 6.57. The average Bonchev–Trinajstić information content (AvgIpc) is 2.96. The first-order valence-corrected chi connectivity index (χ1v) is 6.42. The molecule has 7 heteroatoms. The number of thiazole rings is 1. The monoisotopic (exact) mass is 310 g/mol. The first-order chi connectivity index (χ1) is 8.24. The molecule has 17 heavy (non-hydrogen) atoms. The third kappa shape index (κ3) is 1.87. The molecular formula is C10H7BrN4OS. The largest absolute Gasteiger partial charge is 0.448 e. The molecule has 3 heterocycles. The van der Waals surface area contributed by atoms with E-state index in [1.54, 1.807) is 16.9 Å². The maximum absolute atomic E-state index is 5.89. The Morgan fingerprint density at radius 3 is 2.94 bits per heavy atom. The van der Waals surface area contributed by atoms with Crippen molar-refractivity contribution in [2.75, 3.05) is 5.73 Å². The van der Waals surface area contributed by atoms with Crippen LogP contribution in [0.25, 0.3) is 16.6 Å². The number of nitrogens with zero attached hydrogens (tertiary/aromatic N) is 3. The van der Waals surface area contributed by atoms with Gasteiger partial charge in [0.15, 0.2) is 10.4 Å². The molecule has 0 aliphatic carbocycles. The number of hydrogen-bond acceptors (Lipinski definition) is 5. The molecule has 86 valence electrons. The first kappa shape index (κ1) is 10.5. The molecule has 0 radical (unpaired) electrons. The Morgan fingerprint density at radius 2 is 2.29 bits per heavy atom. The topological polar surface area (TPSA) is 69.9 Å². The standard InChI is InChI=1S/C10H7BrN4OS/c11-8-2-1-7(16-8)6-5-9(12)15(14-6)10-13-3-4-17-10/h1-5H,12H2. The van der Waals surface area contributed by atoms with E-state index in [-0.39, 0.29) is 0 Å². The van der Waals surface area contributed by atoms with Gasteiger partial charge in [-0.25, -0.2) is 4.98 Å². The molecule has 3 aromatic rings. The van der Waals surface area contributed by atoms with Crippen molar-refractivity contribution in [1.29, 1.82) is 0 Å². The van der Waals surface area contributed by atoms with Gasteiger partial charge in [-0.1, -0.05) is 0 Å². The van der Waals surface area contributed by atoms with Crippen LogP contribution >= 0.6 is 27.3 Å². The zero-order valence-corrected chi connectivity index (χ0v) is 10.9. The van der Waals surface area contributed by atoms with Crippen LogP contribution in [0.4, 0.5) is 5.82 Å². The maximum atomic E-state index is 5.89. The Hall–Kier alpha value is -1.60. The highest BCUT2D eigenvalue weighted by Gasteiger charge is 2.12. The fourth-order valence-corrected chi connectivity index (χ4v) is 2.36. The Kier molecular flexibility index (Phi) is 2.49. The van der Waals surface area contributed by atoms with E-state index in [4.69, 9.17) is 10.2 Å². The average molecular weight is 311 g/mol. The fourth-order valence-electron chi connectivity index (χ4n) is 1.44. The molecule has 5 nitrogen and oxygen atoms in total. The van der Waals surface area contributed by atoms with Gasteiger partial charge in [0.25, 0.3) is 0 Å². The number of aromatic nitrogens is 3. The third-order valence-electron chi connectivity index (χ3n) is 2.16. The lowest BCUT2D eigenvalue weighted by Gasteiger charge is -1.96. The smallest absolute Gasteiger partial charge is 0.212 e. The molecule has 0 aliphatic rings. The van der Waals surface area contributed by atoms with E-state index in [0.29, 0.717) is 21.9 Å². The van der Waals surface area contributed by atoms with Crippen molar-refractivity contribution in [3.8, 4) is 16.6 Å². The van der Waals surface area contributed by atoms with Gasteiger partial charge in [-0.15, -0.1) is 11.3 Å². The summed E-state index contributed by atoms with van der Waals surface area (Å²) in [6.07, 6.45) is 1.71. The van der Waals surface area contributed by atoms with E-state index in [1.807, 2.05) is 17.5 Å². The maximum Gasteiger partial charge on any atom is 0.212 e. The van der Waals surface area contributed by atoms with E-state index in [0.717, 1.165) is 5.13 Å². The summed E-state index contributed by atoms with van der Waals surface area (Å²) in [5.74, 6) is 1.20. The Labute approximate surface area is 109 Å². The molecule has 3 rings (SSSR count). The van der Waals surface area contributed by atoms with Crippen LogP contribution < -0.4 is 5.73 Å². The molecule has 0 unspecified atom stereocenters. The van der Waals surface area contributed by atoms with Crippen LogP contribution in [0, 0.1) is 0 Å². The highest BCUT2D eigenvalue weighted by molar-refractivity contribution is 9.10. The number of rotatable bonds is 2. The first-order valence-electron chi connectivity index (χ1n) is 4.75. The van der Waals surface area contributed by atoms with Crippen LogP contribution in [-0.4, -0.2) is 14.8 Å². The summed E-state index contributed by atoms with van der Waals surface area (Å²) in [6.45, 7) is 0. The van der Waals surface area contributed by atoms with Crippen LogP contribution in [0.1, 0.15) is 0 Å². The zero-order valence-electron chi connectivity index (χ0n) is 8.50. The van der Waals surface area contributed by atoms with Crippen LogP contribution in [0.3, 0.4) is 0 Å². The van der Waals surface area contributed by atoms with Crippen LogP contribution in [0.5, 0.6) is 0 Å². The van der Waals surface area contributed by atoms with Gasteiger partial charge < -0.3 is 10.2 Å². The number of halogens is 1. The molecule has 0 amide bonds. The summed E-state index contributed by atoms with van der Waals surface area (Å²) in [7, 11) is 0. The van der Waals surface area contributed by atoms with E-state index >= 15 is 0 Å². The van der Waals surface area contributed by atoms with Crippen molar-refractivity contribution in [2.24, 2.45) is 0 Å². The number of nitrogens with two attached hydrogens (primary N) is 1. The number of nitrogen functional groups attached to an aromatic ring is 1. The van der Waals surface area contributed by atoms with Gasteiger partial charge in [-0.2, -0.15) is 9.78 Å².